The molecule has 1 heterocycles. The van der Waals surface area contributed by atoms with Crippen LogP contribution in [0, 0.1) is 0 Å². The first-order chi connectivity index (χ1) is 10.7. The van der Waals surface area contributed by atoms with Crippen molar-refractivity contribution in [3.8, 4) is 5.75 Å². The van der Waals surface area contributed by atoms with Crippen LogP contribution in [0.4, 0.5) is 0 Å². The van der Waals surface area contributed by atoms with Crippen LogP contribution in [0.1, 0.15) is 13.3 Å². The smallest absolute Gasteiger partial charge is 0.204 e. The van der Waals surface area contributed by atoms with Crippen molar-refractivity contribution in [2.24, 2.45) is 0 Å². The van der Waals surface area contributed by atoms with Gasteiger partial charge in [0.05, 0.1) is 12.0 Å². The van der Waals surface area contributed by atoms with Gasteiger partial charge in [0.1, 0.15) is 22.3 Å². The second kappa shape index (κ2) is 6.28. The van der Waals surface area contributed by atoms with E-state index in [-0.39, 0.29) is 5.43 Å². The molecule has 0 saturated heterocycles. The summed E-state index contributed by atoms with van der Waals surface area (Å²) in [7, 11) is 0. The zero-order valence-electron chi connectivity index (χ0n) is 12.2. The Morgan fingerprint density at radius 2 is 2.00 bits per heavy atom. The summed E-state index contributed by atoms with van der Waals surface area (Å²) in [4.78, 5) is 13.4. The number of rotatable bonds is 4. The number of fused-ring (bicyclic) bond motifs is 2. The lowest BCUT2D eigenvalue weighted by atomic mass is 10.1. The Morgan fingerprint density at radius 1 is 1.18 bits per heavy atom. The quantitative estimate of drug-likeness (QED) is 0.332. The molecule has 1 aromatic heterocycles. The number of para-hydroxylation sites is 1. The van der Waals surface area contributed by atoms with Gasteiger partial charge in [0, 0.05) is 4.90 Å². The van der Waals surface area contributed by atoms with Crippen LogP contribution in [0.15, 0.2) is 62.7 Å². The molecule has 3 nitrogen and oxygen atoms in total. The lowest BCUT2D eigenvalue weighted by molar-refractivity contribution is 0.321. The van der Waals surface area contributed by atoms with Crippen molar-refractivity contribution < 1.29 is 9.15 Å². The second-order valence-corrected chi connectivity index (χ2v) is 5.40. The molecule has 0 aliphatic carbocycles. The SMILES string of the molecule is CC=CCCOc1c(S)ccc2oc3ccccc3c(=O)c12. The number of thiol groups is 1. The van der Waals surface area contributed by atoms with E-state index in [2.05, 4.69) is 12.6 Å². The molecule has 22 heavy (non-hydrogen) atoms. The van der Waals surface area contributed by atoms with Gasteiger partial charge in [-0.25, -0.2) is 0 Å². The monoisotopic (exact) mass is 312 g/mol. The van der Waals surface area contributed by atoms with Crippen molar-refractivity contribution in [2.45, 2.75) is 18.2 Å². The Morgan fingerprint density at radius 3 is 2.82 bits per heavy atom. The number of benzene rings is 2. The molecular formula is C18H16O3S. The summed E-state index contributed by atoms with van der Waals surface area (Å²) in [5, 5.41) is 0.999. The van der Waals surface area contributed by atoms with E-state index in [0.29, 0.717) is 39.2 Å². The summed E-state index contributed by atoms with van der Waals surface area (Å²) >= 11 is 4.42. The Hall–Kier alpha value is -2.20. The summed E-state index contributed by atoms with van der Waals surface area (Å²) in [5.74, 6) is 0.491. The van der Waals surface area contributed by atoms with Gasteiger partial charge >= 0.3 is 0 Å². The van der Waals surface area contributed by atoms with Gasteiger partial charge in [-0.15, -0.1) is 12.6 Å². The first-order valence-electron chi connectivity index (χ1n) is 7.14. The molecule has 0 saturated carbocycles. The molecule has 0 N–H and O–H groups in total. The van der Waals surface area contributed by atoms with Gasteiger partial charge < -0.3 is 9.15 Å². The molecule has 0 fully saturated rings. The minimum Gasteiger partial charge on any atom is -0.491 e. The summed E-state index contributed by atoms with van der Waals surface area (Å²) in [6.45, 7) is 2.45. The fourth-order valence-corrected chi connectivity index (χ4v) is 2.64. The van der Waals surface area contributed by atoms with Crippen LogP contribution < -0.4 is 10.2 Å². The fraction of sp³-hybridized carbons (Fsp3) is 0.167. The third-order valence-electron chi connectivity index (χ3n) is 3.44. The maximum Gasteiger partial charge on any atom is 0.204 e. The number of hydrogen-bond donors (Lipinski definition) is 1. The average Bonchev–Trinajstić information content (AvgIpc) is 2.54. The normalized spacial score (nSPS) is 11.5. The van der Waals surface area contributed by atoms with Gasteiger partial charge in [0.15, 0.2) is 0 Å². The molecule has 0 unspecified atom stereocenters. The number of hydrogen-bond acceptors (Lipinski definition) is 4. The molecule has 3 rings (SSSR count). The summed E-state index contributed by atoms with van der Waals surface area (Å²) in [5.41, 5.74) is 1.00. The zero-order valence-corrected chi connectivity index (χ0v) is 13.1. The summed E-state index contributed by atoms with van der Waals surface area (Å²) in [6, 6.07) is 10.8. The predicted molar refractivity (Wildman–Crippen MR) is 92.2 cm³/mol. The highest BCUT2D eigenvalue weighted by atomic mass is 32.1. The van der Waals surface area contributed by atoms with Gasteiger partial charge in [-0.05, 0) is 37.6 Å². The van der Waals surface area contributed by atoms with E-state index in [1.807, 2.05) is 31.2 Å². The van der Waals surface area contributed by atoms with Crippen LogP contribution in [-0.2, 0) is 0 Å². The fourth-order valence-electron chi connectivity index (χ4n) is 2.39. The predicted octanol–water partition coefficient (Wildman–Crippen LogP) is 4.58. The van der Waals surface area contributed by atoms with Crippen molar-refractivity contribution in [2.75, 3.05) is 6.61 Å². The first-order valence-corrected chi connectivity index (χ1v) is 7.58. The van der Waals surface area contributed by atoms with Gasteiger partial charge in [-0.2, -0.15) is 0 Å². The molecule has 0 bridgehead atoms. The van der Waals surface area contributed by atoms with E-state index in [0.717, 1.165) is 6.42 Å². The van der Waals surface area contributed by atoms with Crippen LogP contribution in [0.25, 0.3) is 21.9 Å². The van der Waals surface area contributed by atoms with Crippen LogP contribution in [0.2, 0.25) is 0 Å². The topological polar surface area (TPSA) is 39.4 Å². The molecule has 0 amide bonds. The summed E-state index contributed by atoms with van der Waals surface area (Å²) in [6.07, 6.45) is 4.76. The van der Waals surface area contributed by atoms with Crippen molar-refractivity contribution >= 4 is 34.6 Å². The van der Waals surface area contributed by atoms with E-state index in [4.69, 9.17) is 9.15 Å². The Labute approximate surface area is 133 Å². The van der Waals surface area contributed by atoms with E-state index >= 15 is 0 Å². The lowest BCUT2D eigenvalue weighted by Gasteiger charge is -2.11. The standard InChI is InChI=1S/C18H16O3S/c1-2-3-6-11-20-18-15(22)10-9-14-16(18)17(19)12-7-4-5-8-13(12)21-14/h2-5,7-10,22H,6,11H2,1H3. The van der Waals surface area contributed by atoms with Crippen molar-refractivity contribution in [1.82, 2.24) is 0 Å². The molecule has 4 heteroatoms. The van der Waals surface area contributed by atoms with Crippen LogP contribution in [0.3, 0.4) is 0 Å². The maximum atomic E-state index is 12.8. The molecule has 2 aromatic carbocycles. The molecule has 0 radical (unpaired) electrons. The average molecular weight is 312 g/mol. The van der Waals surface area contributed by atoms with Crippen molar-refractivity contribution in [1.29, 1.82) is 0 Å². The van der Waals surface area contributed by atoms with Crippen LogP contribution >= 0.6 is 12.6 Å². The molecule has 112 valence electrons. The lowest BCUT2D eigenvalue weighted by Crippen LogP contribution is -2.06. The van der Waals surface area contributed by atoms with Crippen LogP contribution in [-0.4, -0.2) is 6.61 Å². The van der Waals surface area contributed by atoms with E-state index in [1.54, 1.807) is 24.3 Å². The third-order valence-corrected chi connectivity index (χ3v) is 3.80. The van der Waals surface area contributed by atoms with E-state index < -0.39 is 0 Å². The number of allylic oxidation sites excluding steroid dienone is 1. The van der Waals surface area contributed by atoms with Crippen LogP contribution in [0.5, 0.6) is 5.75 Å². The maximum absolute atomic E-state index is 12.8. The third kappa shape index (κ3) is 2.62. The molecular weight excluding hydrogens is 296 g/mol. The van der Waals surface area contributed by atoms with E-state index in [1.165, 1.54) is 0 Å². The van der Waals surface area contributed by atoms with Gasteiger partial charge in [-0.1, -0.05) is 24.3 Å². The minimum absolute atomic E-state index is 0.0891. The van der Waals surface area contributed by atoms with Gasteiger partial charge in [0.2, 0.25) is 5.43 Å². The van der Waals surface area contributed by atoms with Crippen molar-refractivity contribution in [3.05, 3.63) is 58.8 Å². The highest BCUT2D eigenvalue weighted by Gasteiger charge is 2.14. The zero-order chi connectivity index (χ0) is 15.5. The number of ether oxygens (including phenoxy) is 1. The Bertz CT molecular complexity index is 909. The Balaban J connectivity index is 2.19. The van der Waals surface area contributed by atoms with Gasteiger partial charge in [0.25, 0.3) is 0 Å². The van der Waals surface area contributed by atoms with Gasteiger partial charge in [-0.3, -0.25) is 4.79 Å². The highest BCUT2D eigenvalue weighted by molar-refractivity contribution is 7.80. The molecule has 0 aliphatic rings. The Kier molecular flexibility index (Phi) is 4.20. The first kappa shape index (κ1) is 14.7. The van der Waals surface area contributed by atoms with Crippen molar-refractivity contribution in [3.63, 3.8) is 0 Å². The molecule has 0 aliphatic heterocycles. The molecule has 3 aromatic rings. The minimum atomic E-state index is -0.0891. The molecule has 0 spiro atoms. The highest BCUT2D eigenvalue weighted by Crippen LogP contribution is 2.32. The molecule has 0 atom stereocenters. The summed E-state index contributed by atoms with van der Waals surface area (Å²) < 4.78 is 11.6. The second-order valence-electron chi connectivity index (χ2n) is 4.92. The van der Waals surface area contributed by atoms with E-state index in [9.17, 15) is 4.79 Å². The largest absolute Gasteiger partial charge is 0.491 e.